The van der Waals surface area contributed by atoms with Crippen molar-refractivity contribution in [3.63, 3.8) is 0 Å². The number of benzene rings is 3. The minimum atomic E-state index is -0.766. The van der Waals surface area contributed by atoms with Crippen molar-refractivity contribution in [1.82, 2.24) is 0 Å². The zero-order chi connectivity index (χ0) is 22.2. The maximum Gasteiger partial charge on any atom is 0.344 e. The second-order valence-corrected chi connectivity index (χ2v) is 7.02. The summed E-state index contributed by atoms with van der Waals surface area (Å²) in [6, 6.07) is 19.4. The number of halogens is 1. The number of carbonyl (C=O) groups is 1. The summed E-state index contributed by atoms with van der Waals surface area (Å²) >= 11 is 0. The van der Waals surface area contributed by atoms with Crippen LogP contribution < -0.4 is 16.0 Å². The third-order valence-corrected chi connectivity index (χ3v) is 4.92. The Morgan fingerprint density at radius 2 is 1.62 bits per heavy atom. The van der Waals surface area contributed by atoms with Crippen LogP contribution in [-0.4, -0.2) is 5.97 Å². The van der Waals surface area contributed by atoms with Gasteiger partial charge in [-0.25, -0.2) is 18.8 Å². The molecule has 0 bridgehead atoms. The molecule has 0 amide bonds. The molecule has 156 valence electrons. The lowest BCUT2D eigenvalue weighted by Crippen LogP contribution is -2.09. The van der Waals surface area contributed by atoms with E-state index in [-0.39, 0.29) is 22.5 Å². The number of esters is 1. The Kier molecular flexibility index (Phi) is 4.63. The fourth-order valence-corrected chi connectivity index (χ4v) is 3.46. The Labute approximate surface area is 179 Å². The third-order valence-electron chi connectivity index (χ3n) is 4.92. The lowest BCUT2D eigenvalue weighted by molar-refractivity contribution is 0.0734. The van der Waals surface area contributed by atoms with E-state index in [9.17, 15) is 18.8 Å². The number of ether oxygens (including phenoxy) is 1. The van der Waals surface area contributed by atoms with Gasteiger partial charge in [-0.05, 0) is 42.5 Å². The van der Waals surface area contributed by atoms with E-state index in [1.165, 1.54) is 36.4 Å². The molecule has 5 rings (SSSR count). The van der Waals surface area contributed by atoms with Gasteiger partial charge in [0.25, 0.3) is 0 Å². The molecule has 0 saturated heterocycles. The predicted octanol–water partition coefficient (Wildman–Crippen LogP) is 4.92. The number of hydrogen-bond donors (Lipinski definition) is 0. The molecule has 0 saturated carbocycles. The van der Waals surface area contributed by atoms with E-state index >= 15 is 0 Å². The molecule has 6 nitrogen and oxygen atoms in total. The van der Waals surface area contributed by atoms with Crippen molar-refractivity contribution in [2.24, 2.45) is 0 Å². The SMILES string of the molecule is O=C(Oc1ccc2c(-c3cc4ccccc4oc3=O)cc(=O)oc2c1)c1cccc(F)c1. The van der Waals surface area contributed by atoms with E-state index in [2.05, 4.69) is 0 Å². The van der Waals surface area contributed by atoms with Crippen LogP contribution in [0.2, 0.25) is 0 Å². The monoisotopic (exact) mass is 428 g/mol. The average molecular weight is 428 g/mol. The smallest absolute Gasteiger partial charge is 0.344 e. The van der Waals surface area contributed by atoms with Gasteiger partial charge in [0.15, 0.2) is 0 Å². The zero-order valence-corrected chi connectivity index (χ0v) is 16.3. The summed E-state index contributed by atoms with van der Waals surface area (Å²) in [5.74, 6) is -1.24. The van der Waals surface area contributed by atoms with Gasteiger partial charge in [0.1, 0.15) is 22.7 Å². The van der Waals surface area contributed by atoms with E-state index in [1.54, 1.807) is 30.3 Å². The van der Waals surface area contributed by atoms with Gasteiger partial charge < -0.3 is 13.6 Å². The molecule has 0 N–H and O–H groups in total. The summed E-state index contributed by atoms with van der Waals surface area (Å²) in [4.78, 5) is 37.1. The number of rotatable bonds is 3. The second-order valence-electron chi connectivity index (χ2n) is 7.02. The first-order valence-corrected chi connectivity index (χ1v) is 9.57. The summed E-state index contributed by atoms with van der Waals surface area (Å²) in [6.07, 6.45) is 0. The average Bonchev–Trinajstić information content (AvgIpc) is 2.78. The highest BCUT2D eigenvalue weighted by molar-refractivity contribution is 5.96. The molecule has 32 heavy (non-hydrogen) atoms. The van der Waals surface area contributed by atoms with Crippen molar-refractivity contribution >= 4 is 27.9 Å². The molecule has 0 aliphatic heterocycles. The van der Waals surface area contributed by atoms with E-state index in [0.29, 0.717) is 21.9 Å². The molecular weight excluding hydrogens is 415 g/mol. The van der Waals surface area contributed by atoms with Gasteiger partial charge in [0, 0.05) is 28.5 Å². The molecule has 0 fully saturated rings. The largest absolute Gasteiger partial charge is 0.423 e. The number of para-hydroxylation sites is 1. The quantitative estimate of drug-likeness (QED) is 0.230. The number of fused-ring (bicyclic) bond motifs is 2. The predicted molar refractivity (Wildman–Crippen MR) is 115 cm³/mol. The molecule has 3 aromatic carbocycles. The maximum absolute atomic E-state index is 13.4. The van der Waals surface area contributed by atoms with Crippen molar-refractivity contribution in [3.05, 3.63) is 111 Å². The zero-order valence-electron chi connectivity index (χ0n) is 16.3. The van der Waals surface area contributed by atoms with Crippen molar-refractivity contribution in [2.45, 2.75) is 0 Å². The van der Waals surface area contributed by atoms with E-state index in [1.807, 2.05) is 6.07 Å². The molecule has 2 heterocycles. The van der Waals surface area contributed by atoms with Crippen molar-refractivity contribution in [1.29, 1.82) is 0 Å². The van der Waals surface area contributed by atoms with Crippen molar-refractivity contribution < 1.29 is 22.8 Å². The lowest BCUT2D eigenvalue weighted by Gasteiger charge is -2.08. The Balaban J connectivity index is 1.59. The van der Waals surface area contributed by atoms with Gasteiger partial charge in [0.2, 0.25) is 0 Å². The topological polar surface area (TPSA) is 86.7 Å². The second kappa shape index (κ2) is 7.63. The van der Waals surface area contributed by atoms with Crippen LogP contribution >= 0.6 is 0 Å². The number of carbonyl (C=O) groups excluding carboxylic acids is 1. The first kappa shape index (κ1) is 19.4. The Hall–Kier alpha value is -4.52. The van der Waals surface area contributed by atoms with Crippen molar-refractivity contribution in [3.8, 4) is 16.9 Å². The fraction of sp³-hybridized carbons (Fsp3) is 0. The van der Waals surface area contributed by atoms with Crippen LogP contribution in [0.4, 0.5) is 4.39 Å². The van der Waals surface area contributed by atoms with Crippen molar-refractivity contribution in [2.75, 3.05) is 0 Å². The lowest BCUT2D eigenvalue weighted by atomic mass is 10.0. The minimum absolute atomic E-state index is 0.0362. The maximum atomic E-state index is 13.4. The Bertz CT molecular complexity index is 1630. The van der Waals surface area contributed by atoms with Crippen LogP contribution in [0.25, 0.3) is 33.1 Å². The first-order valence-electron chi connectivity index (χ1n) is 9.57. The highest BCUT2D eigenvalue weighted by Gasteiger charge is 2.16. The van der Waals surface area contributed by atoms with Crippen LogP contribution in [0, 0.1) is 5.82 Å². The highest BCUT2D eigenvalue weighted by Crippen LogP contribution is 2.30. The standard InChI is InChI=1S/C25H13FO6/c26-16-6-3-5-15(10-16)24(28)30-17-8-9-18-19(13-23(27)31-22(18)12-17)20-11-14-4-1-2-7-21(14)32-25(20)29/h1-13H. The number of hydrogen-bond acceptors (Lipinski definition) is 6. The van der Waals surface area contributed by atoms with Gasteiger partial charge in [-0.2, -0.15) is 0 Å². The van der Waals surface area contributed by atoms with Crippen LogP contribution in [0.15, 0.2) is 97.3 Å². The van der Waals surface area contributed by atoms with Crippen LogP contribution in [0.5, 0.6) is 5.75 Å². The molecule has 0 unspecified atom stereocenters. The third kappa shape index (κ3) is 3.56. The molecule has 2 aromatic heterocycles. The summed E-state index contributed by atoms with van der Waals surface area (Å²) in [5.41, 5.74) is -0.172. The van der Waals surface area contributed by atoms with Crippen LogP contribution in [-0.2, 0) is 0 Å². The summed E-state index contributed by atoms with van der Waals surface area (Å²) in [7, 11) is 0. The van der Waals surface area contributed by atoms with Gasteiger partial charge >= 0.3 is 17.2 Å². The highest BCUT2D eigenvalue weighted by atomic mass is 19.1. The van der Waals surface area contributed by atoms with Gasteiger partial charge in [0.05, 0.1) is 11.1 Å². The summed E-state index contributed by atoms with van der Waals surface area (Å²) in [6.45, 7) is 0. The molecule has 0 spiro atoms. The normalized spacial score (nSPS) is 11.0. The molecule has 7 heteroatoms. The molecule has 0 aliphatic rings. The Morgan fingerprint density at radius 1 is 0.781 bits per heavy atom. The Morgan fingerprint density at radius 3 is 2.47 bits per heavy atom. The van der Waals surface area contributed by atoms with Crippen LogP contribution in [0.1, 0.15) is 10.4 Å². The van der Waals surface area contributed by atoms with Gasteiger partial charge in [-0.3, -0.25) is 0 Å². The van der Waals surface area contributed by atoms with Gasteiger partial charge in [-0.15, -0.1) is 0 Å². The molecular formula is C25H13FO6. The molecule has 0 atom stereocenters. The van der Waals surface area contributed by atoms with E-state index in [4.69, 9.17) is 13.6 Å². The van der Waals surface area contributed by atoms with E-state index in [0.717, 1.165) is 6.07 Å². The van der Waals surface area contributed by atoms with E-state index < -0.39 is 23.0 Å². The minimum Gasteiger partial charge on any atom is -0.423 e. The molecule has 0 radical (unpaired) electrons. The summed E-state index contributed by atoms with van der Waals surface area (Å²) < 4.78 is 29.3. The summed E-state index contributed by atoms with van der Waals surface area (Å²) in [5, 5.41) is 1.15. The molecule has 5 aromatic rings. The first-order chi connectivity index (χ1) is 15.5. The molecule has 0 aliphatic carbocycles. The van der Waals surface area contributed by atoms with Gasteiger partial charge in [-0.1, -0.05) is 24.3 Å². The van der Waals surface area contributed by atoms with Crippen LogP contribution in [0.3, 0.4) is 0 Å². The fourth-order valence-electron chi connectivity index (χ4n) is 3.46.